The maximum absolute atomic E-state index is 12.3. The van der Waals surface area contributed by atoms with Crippen LogP contribution in [0.1, 0.15) is 10.4 Å². The number of benzene rings is 2. The zero-order valence-corrected chi connectivity index (χ0v) is 13.6. The van der Waals surface area contributed by atoms with Gasteiger partial charge >= 0.3 is 0 Å². The number of anilines is 1. The van der Waals surface area contributed by atoms with E-state index in [9.17, 15) is 14.9 Å². The molecule has 0 aliphatic carbocycles. The Labute approximate surface area is 143 Å². The van der Waals surface area contributed by atoms with Gasteiger partial charge in [-0.05, 0) is 24.3 Å². The number of nitro groups is 1. The van der Waals surface area contributed by atoms with E-state index in [2.05, 4.69) is 10.3 Å². The third kappa shape index (κ3) is 3.12. The molecule has 0 bridgehead atoms. The van der Waals surface area contributed by atoms with E-state index in [1.54, 1.807) is 12.1 Å². The highest BCUT2D eigenvalue weighted by molar-refractivity contribution is 7.22. The van der Waals surface area contributed by atoms with Crippen molar-refractivity contribution in [2.24, 2.45) is 0 Å². The number of carbonyl (C=O) groups excluding carboxylic acids is 1. The number of nitrogens with zero attached hydrogens (tertiary/aromatic N) is 2. The monoisotopic (exact) mass is 367 g/mol. The summed E-state index contributed by atoms with van der Waals surface area (Å²) in [4.78, 5) is 26.9. The molecule has 1 heterocycles. The quantitative estimate of drug-likeness (QED) is 0.533. The molecule has 0 aliphatic heterocycles. The number of para-hydroxylation sites is 1. The van der Waals surface area contributed by atoms with Crippen LogP contribution in [0.5, 0.6) is 0 Å². The van der Waals surface area contributed by atoms with Crippen molar-refractivity contribution in [3.63, 3.8) is 0 Å². The molecule has 0 saturated carbocycles. The Morgan fingerprint density at radius 3 is 2.74 bits per heavy atom. The molecule has 1 aromatic heterocycles. The van der Waals surface area contributed by atoms with E-state index < -0.39 is 10.8 Å². The maximum Gasteiger partial charge on any atom is 0.282 e. The highest BCUT2D eigenvalue weighted by Crippen LogP contribution is 2.31. The molecule has 0 radical (unpaired) electrons. The van der Waals surface area contributed by atoms with E-state index in [1.807, 2.05) is 6.07 Å². The lowest BCUT2D eigenvalue weighted by molar-refractivity contribution is -0.385. The van der Waals surface area contributed by atoms with Crippen molar-refractivity contribution in [2.45, 2.75) is 0 Å². The van der Waals surface area contributed by atoms with Crippen molar-refractivity contribution >= 4 is 61.5 Å². The van der Waals surface area contributed by atoms with Gasteiger partial charge in [0.2, 0.25) is 0 Å². The average molecular weight is 368 g/mol. The molecule has 6 nitrogen and oxygen atoms in total. The van der Waals surface area contributed by atoms with Gasteiger partial charge in [-0.3, -0.25) is 20.2 Å². The first-order valence-electron chi connectivity index (χ1n) is 6.26. The molecule has 0 atom stereocenters. The largest absolute Gasteiger partial charge is 0.298 e. The number of rotatable bonds is 3. The van der Waals surface area contributed by atoms with Crippen LogP contribution in [0.4, 0.5) is 10.8 Å². The van der Waals surface area contributed by atoms with Gasteiger partial charge in [0, 0.05) is 11.1 Å². The summed E-state index contributed by atoms with van der Waals surface area (Å²) in [6.45, 7) is 0. The van der Waals surface area contributed by atoms with Crippen molar-refractivity contribution in [2.75, 3.05) is 5.32 Å². The number of hydrogen-bond acceptors (Lipinski definition) is 5. The lowest BCUT2D eigenvalue weighted by Crippen LogP contribution is -2.13. The maximum atomic E-state index is 12.3. The highest BCUT2D eigenvalue weighted by Gasteiger charge is 2.21. The molecule has 0 unspecified atom stereocenters. The van der Waals surface area contributed by atoms with Crippen molar-refractivity contribution in [3.8, 4) is 0 Å². The van der Waals surface area contributed by atoms with Gasteiger partial charge in [0.15, 0.2) is 5.13 Å². The second-order valence-electron chi connectivity index (χ2n) is 4.48. The Balaban J connectivity index is 1.96. The lowest BCUT2D eigenvalue weighted by Gasteiger charge is -2.03. The first-order valence-corrected chi connectivity index (χ1v) is 7.83. The minimum absolute atomic E-state index is 0.132. The standard InChI is InChI=1S/C14H7Cl2N3O3S/c15-7-4-5-10(19(21)22)8(6-7)13(20)18-14-17-12-9(16)2-1-3-11(12)23-14/h1-6H,(H,17,18,20). The predicted molar refractivity (Wildman–Crippen MR) is 90.7 cm³/mol. The van der Waals surface area contributed by atoms with Crippen molar-refractivity contribution in [3.05, 3.63) is 62.1 Å². The van der Waals surface area contributed by atoms with Gasteiger partial charge < -0.3 is 0 Å². The summed E-state index contributed by atoms with van der Waals surface area (Å²) in [6, 6.07) is 9.07. The van der Waals surface area contributed by atoms with E-state index in [-0.39, 0.29) is 16.3 Å². The molecule has 23 heavy (non-hydrogen) atoms. The molecule has 1 N–H and O–H groups in total. The Morgan fingerprint density at radius 2 is 2.04 bits per heavy atom. The van der Waals surface area contributed by atoms with Gasteiger partial charge in [-0.15, -0.1) is 0 Å². The number of nitrogens with one attached hydrogen (secondary N) is 1. The van der Waals surface area contributed by atoms with E-state index in [0.29, 0.717) is 15.7 Å². The molecule has 0 aliphatic rings. The SMILES string of the molecule is O=C(Nc1nc2c(Cl)cccc2s1)c1cc(Cl)ccc1[N+](=O)[O-]. The predicted octanol–water partition coefficient (Wildman–Crippen LogP) is 4.76. The summed E-state index contributed by atoms with van der Waals surface area (Å²) in [6.07, 6.45) is 0. The van der Waals surface area contributed by atoms with Crippen LogP contribution in [-0.4, -0.2) is 15.8 Å². The number of nitro benzene ring substituents is 1. The Bertz CT molecular complexity index is 942. The van der Waals surface area contributed by atoms with E-state index >= 15 is 0 Å². The molecule has 2 aromatic carbocycles. The Morgan fingerprint density at radius 1 is 1.26 bits per heavy atom. The minimum atomic E-state index is -0.658. The smallest absolute Gasteiger partial charge is 0.282 e. The summed E-state index contributed by atoms with van der Waals surface area (Å²) < 4.78 is 0.799. The second-order valence-corrected chi connectivity index (χ2v) is 6.35. The van der Waals surface area contributed by atoms with Gasteiger partial charge in [-0.2, -0.15) is 0 Å². The normalized spacial score (nSPS) is 10.7. The lowest BCUT2D eigenvalue weighted by atomic mass is 10.1. The van der Waals surface area contributed by atoms with Gasteiger partial charge in [0.05, 0.1) is 14.6 Å². The fraction of sp³-hybridized carbons (Fsp3) is 0. The molecule has 0 spiro atoms. The topological polar surface area (TPSA) is 85.1 Å². The summed E-state index contributed by atoms with van der Waals surface area (Å²) in [5.74, 6) is -0.658. The van der Waals surface area contributed by atoms with Crippen molar-refractivity contribution in [1.29, 1.82) is 0 Å². The fourth-order valence-corrected chi connectivity index (χ4v) is 3.31. The van der Waals surface area contributed by atoms with Crippen LogP contribution in [0.25, 0.3) is 10.2 Å². The van der Waals surface area contributed by atoms with E-state index in [4.69, 9.17) is 23.2 Å². The van der Waals surface area contributed by atoms with Gasteiger partial charge in [0.25, 0.3) is 11.6 Å². The average Bonchev–Trinajstić information content (AvgIpc) is 2.90. The molecule has 116 valence electrons. The summed E-state index contributed by atoms with van der Waals surface area (Å²) >= 11 is 13.1. The molecule has 3 rings (SSSR count). The van der Waals surface area contributed by atoms with Gasteiger partial charge in [-0.25, -0.2) is 4.98 Å². The molecule has 0 fully saturated rings. The number of amides is 1. The first-order chi connectivity index (χ1) is 11.0. The summed E-state index contributed by atoms with van der Waals surface area (Å²) in [5, 5.41) is 14.6. The Kier molecular flexibility index (Phi) is 4.16. The van der Waals surface area contributed by atoms with Crippen LogP contribution >= 0.6 is 34.5 Å². The summed E-state index contributed by atoms with van der Waals surface area (Å²) in [5.41, 5.74) is 0.106. The fourth-order valence-electron chi connectivity index (χ4n) is 1.98. The zero-order valence-electron chi connectivity index (χ0n) is 11.2. The number of halogens is 2. The van der Waals surface area contributed by atoms with Crippen LogP contribution < -0.4 is 5.32 Å². The van der Waals surface area contributed by atoms with Crippen LogP contribution in [-0.2, 0) is 0 Å². The number of fused-ring (bicyclic) bond motifs is 1. The van der Waals surface area contributed by atoms with E-state index in [1.165, 1.54) is 29.5 Å². The molecule has 3 aromatic rings. The third-order valence-electron chi connectivity index (χ3n) is 2.99. The Hall–Kier alpha value is -2.22. The number of hydrogen-bond donors (Lipinski definition) is 1. The highest BCUT2D eigenvalue weighted by atomic mass is 35.5. The van der Waals surface area contributed by atoms with Crippen LogP contribution in [0, 0.1) is 10.1 Å². The van der Waals surface area contributed by atoms with Crippen molar-refractivity contribution in [1.82, 2.24) is 4.98 Å². The number of aromatic nitrogens is 1. The first kappa shape index (κ1) is 15.7. The van der Waals surface area contributed by atoms with Gasteiger partial charge in [-0.1, -0.05) is 40.6 Å². The van der Waals surface area contributed by atoms with Gasteiger partial charge in [0.1, 0.15) is 11.1 Å². The zero-order chi connectivity index (χ0) is 16.6. The van der Waals surface area contributed by atoms with Crippen LogP contribution in [0.15, 0.2) is 36.4 Å². The number of carbonyl (C=O) groups is 1. The molecular weight excluding hydrogens is 361 g/mol. The second kappa shape index (κ2) is 6.11. The number of thiazole rings is 1. The van der Waals surface area contributed by atoms with Crippen LogP contribution in [0.2, 0.25) is 10.0 Å². The molecule has 0 saturated heterocycles. The van der Waals surface area contributed by atoms with Crippen molar-refractivity contribution < 1.29 is 9.72 Å². The van der Waals surface area contributed by atoms with Crippen LogP contribution in [0.3, 0.4) is 0 Å². The molecule has 1 amide bonds. The molecule has 9 heteroatoms. The summed E-state index contributed by atoms with van der Waals surface area (Å²) in [7, 11) is 0. The minimum Gasteiger partial charge on any atom is -0.298 e. The molecular formula is C14H7Cl2N3O3S. The van der Waals surface area contributed by atoms with E-state index in [0.717, 1.165) is 4.70 Å². The third-order valence-corrected chi connectivity index (χ3v) is 4.47.